The van der Waals surface area contributed by atoms with Crippen molar-refractivity contribution in [3.8, 4) is 5.75 Å². The zero-order chi connectivity index (χ0) is 16.8. The second kappa shape index (κ2) is 7.44. The number of nitrogens with zero attached hydrogens (tertiary/aromatic N) is 3. The van der Waals surface area contributed by atoms with Crippen molar-refractivity contribution >= 4 is 23.4 Å². The van der Waals surface area contributed by atoms with E-state index in [4.69, 9.17) is 10.5 Å². The van der Waals surface area contributed by atoms with Gasteiger partial charge in [-0.25, -0.2) is 4.98 Å². The van der Waals surface area contributed by atoms with Crippen molar-refractivity contribution in [2.75, 3.05) is 36.1 Å². The van der Waals surface area contributed by atoms with Gasteiger partial charge in [-0.3, -0.25) is 4.79 Å². The third-order valence-corrected chi connectivity index (χ3v) is 3.44. The first kappa shape index (κ1) is 16.5. The monoisotopic (exact) mass is 315 g/mol. The van der Waals surface area contributed by atoms with Gasteiger partial charge in [0.1, 0.15) is 17.1 Å². The van der Waals surface area contributed by atoms with E-state index in [1.54, 1.807) is 31.4 Å². The number of carbonyl (C=O) groups excluding carboxylic acids is 1. The molecule has 2 aromatic rings. The maximum atomic E-state index is 12.3. The lowest BCUT2D eigenvalue weighted by molar-refractivity contribution is 0.102. The number of amides is 1. The predicted octanol–water partition coefficient (Wildman–Crippen LogP) is 2.17. The van der Waals surface area contributed by atoms with Crippen LogP contribution in [-0.4, -0.2) is 36.1 Å². The van der Waals surface area contributed by atoms with E-state index in [9.17, 15) is 4.79 Å². The third-order valence-electron chi connectivity index (χ3n) is 3.44. The number of carbonyl (C=O) groups is 1. The molecule has 7 heteroatoms. The summed E-state index contributed by atoms with van der Waals surface area (Å²) in [6.45, 7) is 5.56. The van der Waals surface area contributed by atoms with Gasteiger partial charge in [0.25, 0.3) is 5.91 Å². The van der Waals surface area contributed by atoms with E-state index in [1.807, 2.05) is 18.7 Å². The SMILES string of the molecule is CCN(CC)c1ncc(C(=O)Nc2ccc(OC)cc2)c(N)n1. The van der Waals surface area contributed by atoms with Gasteiger partial charge in [0, 0.05) is 25.0 Å². The maximum absolute atomic E-state index is 12.3. The van der Waals surface area contributed by atoms with Gasteiger partial charge in [-0.2, -0.15) is 4.98 Å². The highest BCUT2D eigenvalue weighted by atomic mass is 16.5. The van der Waals surface area contributed by atoms with Gasteiger partial charge in [0.05, 0.1) is 7.11 Å². The fraction of sp³-hybridized carbons (Fsp3) is 0.312. The van der Waals surface area contributed by atoms with Gasteiger partial charge >= 0.3 is 0 Å². The molecule has 1 aromatic heterocycles. The maximum Gasteiger partial charge on any atom is 0.260 e. The molecule has 2 rings (SSSR count). The number of rotatable bonds is 6. The van der Waals surface area contributed by atoms with E-state index < -0.39 is 0 Å². The second-order valence-corrected chi connectivity index (χ2v) is 4.82. The predicted molar refractivity (Wildman–Crippen MR) is 91.0 cm³/mol. The number of hydrogen-bond acceptors (Lipinski definition) is 6. The number of nitrogens with one attached hydrogen (secondary N) is 1. The summed E-state index contributed by atoms with van der Waals surface area (Å²) in [6.07, 6.45) is 1.45. The van der Waals surface area contributed by atoms with Crippen LogP contribution in [0.3, 0.4) is 0 Å². The molecule has 0 fully saturated rings. The Bertz CT molecular complexity index is 669. The van der Waals surface area contributed by atoms with Gasteiger partial charge in [0.15, 0.2) is 0 Å². The summed E-state index contributed by atoms with van der Waals surface area (Å²) in [5.41, 5.74) is 6.80. The molecule has 0 saturated heterocycles. The Balaban J connectivity index is 2.15. The molecule has 0 spiro atoms. The molecule has 1 heterocycles. The molecule has 122 valence electrons. The van der Waals surface area contributed by atoms with E-state index in [-0.39, 0.29) is 17.3 Å². The molecule has 0 aliphatic rings. The standard InChI is InChI=1S/C16H21N5O2/c1-4-21(5-2)16-18-10-13(14(17)20-16)15(22)19-11-6-8-12(23-3)9-7-11/h6-10H,4-5H2,1-3H3,(H,19,22)(H2,17,18,20). The number of methoxy groups -OCH3 is 1. The second-order valence-electron chi connectivity index (χ2n) is 4.82. The quantitative estimate of drug-likeness (QED) is 0.848. The average molecular weight is 315 g/mol. The molecule has 0 saturated carbocycles. The van der Waals surface area contributed by atoms with Crippen molar-refractivity contribution in [2.45, 2.75) is 13.8 Å². The van der Waals surface area contributed by atoms with Gasteiger partial charge in [-0.15, -0.1) is 0 Å². The molecule has 0 unspecified atom stereocenters. The molecule has 1 amide bonds. The van der Waals surface area contributed by atoms with Crippen LogP contribution in [0, 0.1) is 0 Å². The lowest BCUT2D eigenvalue weighted by Crippen LogP contribution is -2.25. The number of hydrogen-bond donors (Lipinski definition) is 2. The highest BCUT2D eigenvalue weighted by molar-refractivity contribution is 6.07. The largest absolute Gasteiger partial charge is 0.497 e. The topological polar surface area (TPSA) is 93.4 Å². The molecule has 23 heavy (non-hydrogen) atoms. The van der Waals surface area contributed by atoms with Crippen LogP contribution in [0.4, 0.5) is 17.5 Å². The van der Waals surface area contributed by atoms with Crippen molar-refractivity contribution < 1.29 is 9.53 Å². The Morgan fingerprint density at radius 3 is 2.43 bits per heavy atom. The van der Waals surface area contributed by atoms with E-state index >= 15 is 0 Å². The fourth-order valence-electron chi connectivity index (χ4n) is 2.09. The van der Waals surface area contributed by atoms with Gasteiger partial charge < -0.3 is 20.7 Å². The zero-order valence-corrected chi connectivity index (χ0v) is 13.5. The minimum Gasteiger partial charge on any atom is -0.497 e. The van der Waals surface area contributed by atoms with Crippen LogP contribution in [0.25, 0.3) is 0 Å². The summed E-state index contributed by atoms with van der Waals surface area (Å²) in [5.74, 6) is 1.05. The Kier molecular flexibility index (Phi) is 5.35. The van der Waals surface area contributed by atoms with Crippen LogP contribution in [0.2, 0.25) is 0 Å². The molecule has 1 aromatic carbocycles. The Hall–Kier alpha value is -2.83. The summed E-state index contributed by atoms with van der Waals surface area (Å²) in [7, 11) is 1.59. The van der Waals surface area contributed by atoms with E-state index in [0.29, 0.717) is 11.6 Å². The third kappa shape index (κ3) is 3.88. The summed E-state index contributed by atoms with van der Waals surface area (Å²) in [4.78, 5) is 22.7. The molecule has 0 radical (unpaired) electrons. The molecule has 3 N–H and O–H groups in total. The summed E-state index contributed by atoms with van der Waals surface area (Å²) < 4.78 is 5.08. The van der Waals surface area contributed by atoms with Gasteiger partial charge in [0.2, 0.25) is 5.95 Å². The molecular weight excluding hydrogens is 294 g/mol. The Morgan fingerprint density at radius 1 is 1.26 bits per heavy atom. The Labute approximate surface area is 135 Å². The Morgan fingerprint density at radius 2 is 1.91 bits per heavy atom. The highest BCUT2D eigenvalue weighted by Crippen LogP contribution is 2.18. The summed E-state index contributed by atoms with van der Waals surface area (Å²) in [6, 6.07) is 7.02. The van der Waals surface area contributed by atoms with Crippen LogP contribution in [0.15, 0.2) is 30.5 Å². The fourth-order valence-corrected chi connectivity index (χ4v) is 2.09. The number of aromatic nitrogens is 2. The van der Waals surface area contributed by atoms with Crippen LogP contribution >= 0.6 is 0 Å². The first-order valence-corrected chi connectivity index (χ1v) is 7.41. The molecule has 0 aliphatic heterocycles. The lowest BCUT2D eigenvalue weighted by atomic mass is 10.2. The molecule has 0 atom stereocenters. The average Bonchev–Trinajstić information content (AvgIpc) is 2.56. The molecule has 7 nitrogen and oxygen atoms in total. The van der Waals surface area contributed by atoms with Gasteiger partial charge in [-0.05, 0) is 38.1 Å². The van der Waals surface area contributed by atoms with Crippen LogP contribution in [0.5, 0.6) is 5.75 Å². The number of anilines is 3. The van der Waals surface area contributed by atoms with Crippen LogP contribution < -0.4 is 20.7 Å². The molecular formula is C16H21N5O2. The summed E-state index contributed by atoms with van der Waals surface area (Å²) >= 11 is 0. The van der Waals surface area contributed by atoms with Crippen molar-refractivity contribution in [3.63, 3.8) is 0 Å². The van der Waals surface area contributed by atoms with Crippen LogP contribution in [-0.2, 0) is 0 Å². The van der Waals surface area contributed by atoms with Crippen molar-refractivity contribution in [3.05, 3.63) is 36.0 Å². The number of benzene rings is 1. The van der Waals surface area contributed by atoms with E-state index in [0.717, 1.165) is 18.8 Å². The van der Waals surface area contributed by atoms with Crippen LogP contribution in [0.1, 0.15) is 24.2 Å². The normalized spacial score (nSPS) is 10.2. The first-order chi connectivity index (χ1) is 11.1. The van der Waals surface area contributed by atoms with Gasteiger partial charge in [-0.1, -0.05) is 0 Å². The smallest absolute Gasteiger partial charge is 0.260 e. The zero-order valence-electron chi connectivity index (χ0n) is 13.5. The lowest BCUT2D eigenvalue weighted by Gasteiger charge is -2.19. The minimum atomic E-state index is -0.348. The summed E-state index contributed by atoms with van der Waals surface area (Å²) in [5, 5.41) is 2.76. The van der Waals surface area contributed by atoms with Crippen molar-refractivity contribution in [2.24, 2.45) is 0 Å². The first-order valence-electron chi connectivity index (χ1n) is 7.41. The van der Waals surface area contributed by atoms with Crippen molar-refractivity contribution in [1.82, 2.24) is 9.97 Å². The molecule has 0 bridgehead atoms. The number of nitrogen functional groups attached to an aromatic ring is 1. The van der Waals surface area contributed by atoms with E-state index in [2.05, 4.69) is 15.3 Å². The number of nitrogens with two attached hydrogens (primary N) is 1. The minimum absolute atomic E-state index is 0.160. The highest BCUT2D eigenvalue weighted by Gasteiger charge is 2.15. The number of ether oxygens (including phenoxy) is 1. The van der Waals surface area contributed by atoms with E-state index in [1.165, 1.54) is 6.20 Å². The van der Waals surface area contributed by atoms with Crippen molar-refractivity contribution in [1.29, 1.82) is 0 Å². The molecule has 0 aliphatic carbocycles.